The zero-order valence-electron chi connectivity index (χ0n) is 10.4. The molecule has 0 N–H and O–H groups in total. The van der Waals surface area contributed by atoms with Crippen LogP contribution in [0.3, 0.4) is 0 Å². The molecule has 0 spiro atoms. The highest BCUT2D eigenvalue weighted by Crippen LogP contribution is 2.25. The minimum absolute atomic E-state index is 0.110. The van der Waals surface area contributed by atoms with E-state index in [2.05, 4.69) is 15.5 Å². The summed E-state index contributed by atoms with van der Waals surface area (Å²) >= 11 is 0. The Balaban J connectivity index is 1.89. The maximum absolute atomic E-state index is 11.7. The van der Waals surface area contributed by atoms with E-state index in [1.165, 1.54) is 6.33 Å². The summed E-state index contributed by atoms with van der Waals surface area (Å²) in [5.41, 5.74) is 2.31. The molecule has 0 bridgehead atoms. The number of nitrogens with zero attached hydrogens (tertiary/aromatic N) is 4. The molecule has 1 aromatic carbocycles. The Morgan fingerprint density at radius 3 is 2.68 bits per heavy atom. The largest absolute Gasteiger partial charge is 0.455 e. The minimum Gasteiger partial charge on any atom is -0.455 e. The van der Waals surface area contributed by atoms with E-state index in [0.29, 0.717) is 5.57 Å². The SMILES string of the molecule is CCC1C=C(c2ccc(-n3cnnn3)cc2)C(=O)O1. The van der Waals surface area contributed by atoms with Crippen molar-refractivity contribution in [2.45, 2.75) is 19.4 Å². The molecule has 1 aliphatic rings. The van der Waals surface area contributed by atoms with E-state index in [-0.39, 0.29) is 12.1 Å². The maximum Gasteiger partial charge on any atom is 0.339 e. The van der Waals surface area contributed by atoms with Gasteiger partial charge in [0.05, 0.1) is 11.3 Å². The van der Waals surface area contributed by atoms with Crippen LogP contribution >= 0.6 is 0 Å². The van der Waals surface area contributed by atoms with E-state index in [9.17, 15) is 4.79 Å². The van der Waals surface area contributed by atoms with E-state index < -0.39 is 0 Å². The Morgan fingerprint density at radius 2 is 2.11 bits per heavy atom. The third-order valence-electron chi connectivity index (χ3n) is 3.03. The highest BCUT2D eigenvalue weighted by molar-refractivity contribution is 6.18. The number of cyclic esters (lactones) is 1. The van der Waals surface area contributed by atoms with E-state index >= 15 is 0 Å². The Hall–Kier alpha value is -2.50. The first kappa shape index (κ1) is 11.6. The molecule has 96 valence electrons. The normalized spacial score (nSPS) is 18.3. The molecule has 6 nitrogen and oxygen atoms in total. The van der Waals surface area contributed by atoms with Gasteiger partial charge in [-0.3, -0.25) is 0 Å². The molecule has 2 heterocycles. The fourth-order valence-electron chi connectivity index (χ4n) is 1.98. The molecule has 0 saturated carbocycles. The number of esters is 1. The Labute approximate surface area is 109 Å². The standard InChI is InChI=1S/C13H12N4O2/c1-2-11-7-12(13(18)19-11)9-3-5-10(6-4-9)17-8-14-15-16-17/h3-8,11H,2H2,1H3. The highest BCUT2D eigenvalue weighted by Gasteiger charge is 2.25. The van der Waals surface area contributed by atoms with Crippen molar-refractivity contribution in [1.29, 1.82) is 0 Å². The molecule has 2 aromatic rings. The summed E-state index contributed by atoms with van der Waals surface area (Å²) in [5, 5.41) is 11.0. The summed E-state index contributed by atoms with van der Waals surface area (Å²) in [6.45, 7) is 1.98. The number of tetrazole rings is 1. The number of ether oxygens (including phenoxy) is 1. The second-order valence-corrected chi connectivity index (χ2v) is 4.23. The van der Waals surface area contributed by atoms with Crippen molar-refractivity contribution in [2.75, 3.05) is 0 Å². The van der Waals surface area contributed by atoms with Crippen molar-refractivity contribution in [2.24, 2.45) is 0 Å². The van der Waals surface area contributed by atoms with Gasteiger partial charge in [-0.2, -0.15) is 0 Å². The smallest absolute Gasteiger partial charge is 0.339 e. The van der Waals surface area contributed by atoms with Crippen molar-refractivity contribution in [3.05, 3.63) is 42.2 Å². The topological polar surface area (TPSA) is 69.9 Å². The predicted octanol–water partition coefficient (Wildman–Crippen LogP) is 1.38. The fourth-order valence-corrected chi connectivity index (χ4v) is 1.98. The molecular weight excluding hydrogens is 244 g/mol. The summed E-state index contributed by atoms with van der Waals surface area (Å²) in [5.74, 6) is -0.262. The monoisotopic (exact) mass is 256 g/mol. The van der Waals surface area contributed by atoms with Crippen molar-refractivity contribution in [1.82, 2.24) is 20.2 Å². The second-order valence-electron chi connectivity index (χ2n) is 4.23. The highest BCUT2D eigenvalue weighted by atomic mass is 16.5. The van der Waals surface area contributed by atoms with Crippen molar-refractivity contribution in [3.8, 4) is 5.69 Å². The first-order valence-corrected chi connectivity index (χ1v) is 6.04. The molecule has 0 radical (unpaired) electrons. The first-order chi connectivity index (χ1) is 9.28. The van der Waals surface area contributed by atoms with Gasteiger partial charge in [-0.05, 0) is 40.6 Å². The molecule has 1 atom stereocenters. The average Bonchev–Trinajstić information content (AvgIpc) is 3.08. The molecule has 1 aromatic heterocycles. The molecule has 3 rings (SSSR count). The summed E-state index contributed by atoms with van der Waals surface area (Å²) < 4.78 is 6.77. The maximum atomic E-state index is 11.7. The summed E-state index contributed by atoms with van der Waals surface area (Å²) in [7, 11) is 0. The van der Waals surface area contributed by atoms with Crippen LogP contribution in [0.4, 0.5) is 0 Å². The molecule has 1 aliphatic heterocycles. The number of rotatable bonds is 3. The number of aromatic nitrogens is 4. The van der Waals surface area contributed by atoms with Gasteiger partial charge < -0.3 is 4.74 Å². The summed E-state index contributed by atoms with van der Waals surface area (Å²) in [4.78, 5) is 11.7. The van der Waals surface area contributed by atoms with Gasteiger partial charge >= 0.3 is 5.97 Å². The lowest BCUT2D eigenvalue weighted by Crippen LogP contribution is -2.06. The average molecular weight is 256 g/mol. The quantitative estimate of drug-likeness (QED) is 0.776. The van der Waals surface area contributed by atoms with Crippen LogP contribution < -0.4 is 0 Å². The van der Waals surface area contributed by atoms with Crippen LogP contribution in [0.2, 0.25) is 0 Å². The molecule has 0 fully saturated rings. The van der Waals surface area contributed by atoms with Crippen molar-refractivity contribution >= 4 is 11.5 Å². The lowest BCUT2D eigenvalue weighted by Gasteiger charge is -2.03. The van der Waals surface area contributed by atoms with Crippen LogP contribution in [-0.4, -0.2) is 32.3 Å². The molecule has 0 amide bonds. The minimum atomic E-state index is -0.262. The van der Waals surface area contributed by atoms with Crippen LogP contribution in [0, 0.1) is 0 Å². The lowest BCUT2D eigenvalue weighted by molar-refractivity contribution is -0.137. The second kappa shape index (κ2) is 4.64. The molecule has 0 aliphatic carbocycles. The third kappa shape index (κ3) is 2.12. The van der Waals surface area contributed by atoms with Gasteiger partial charge in [0.2, 0.25) is 0 Å². The van der Waals surface area contributed by atoms with Gasteiger partial charge in [-0.1, -0.05) is 19.1 Å². The number of hydrogen-bond donors (Lipinski definition) is 0. The molecular formula is C13H12N4O2. The first-order valence-electron chi connectivity index (χ1n) is 6.04. The van der Waals surface area contributed by atoms with Gasteiger partial charge in [0.1, 0.15) is 12.4 Å². The predicted molar refractivity (Wildman–Crippen MR) is 67.3 cm³/mol. The van der Waals surface area contributed by atoms with Gasteiger partial charge in [-0.25, -0.2) is 9.48 Å². The number of hydrogen-bond acceptors (Lipinski definition) is 5. The molecule has 0 saturated heterocycles. The third-order valence-corrected chi connectivity index (χ3v) is 3.03. The van der Waals surface area contributed by atoms with Crippen LogP contribution in [-0.2, 0) is 9.53 Å². The summed E-state index contributed by atoms with van der Waals surface area (Å²) in [6.07, 6.45) is 4.07. The lowest BCUT2D eigenvalue weighted by atomic mass is 10.1. The molecule has 19 heavy (non-hydrogen) atoms. The van der Waals surface area contributed by atoms with Crippen molar-refractivity contribution < 1.29 is 9.53 Å². The van der Waals surface area contributed by atoms with Crippen LogP contribution in [0.5, 0.6) is 0 Å². The van der Waals surface area contributed by atoms with Crippen LogP contribution in [0.25, 0.3) is 11.3 Å². The van der Waals surface area contributed by atoms with Gasteiger partial charge in [0, 0.05) is 0 Å². The molecule has 1 unspecified atom stereocenters. The number of benzene rings is 1. The van der Waals surface area contributed by atoms with E-state index in [0.717, 1.165) is 17.7 Å². The zero-order valence-corrected chi connectivity index (χ0v) is 10.4. The van der Waals surface area contributed by atoms with E-state index in [4.69, 9.17) is 4.74 Å². The van der Waals surface area contributed by atoms with Gasteiger partial charge in [0.15, 0.2) is 0 Å². The van der Waals surface area contributed by atoms with E-state index in [1.807, 2.05) is 37.3 Å². The zero-order chi connectivity index (χ0) is 13.2. The van der Waals surface area contributed by atoms with Gasteiger partial charge in [-0.15, -0.1) is 5.10 Å². The van der Waals surface area contributed by atoms with Crippen LogP contribution in [0.15, 0.2) is 36.7 Å². The van der Waals surface area contributed by atoms with Gasteiger partial charge in [0.25, 0.3) is 0 Å². The van der Waals surface area contributed by atoms with Crippen molar-refractivity contribution in [3.63, 3.8) is 0 Å². The number of carbonyl (C=O) groups is 1. The fraction of sp³-hybridized carbons (Fsp3) is 0.231. The Morgan fingerprint density at radius 1 is 1.32 bits per heavy atom. The molecule has 6 heteroatoms. The number of carbonyl (C=O) groups excluding carboxylic acids is 1. The van der Waals surface area contributed by atoms with E-state index in [1.54, 1.807) is 4.68 Å². The Kier molecular flexibility index (Phi) is 2.83. The van der Waals surface area contributed by atoms with Crippen LogP contribution in [0.1, 0.15) is 18.9 Å². The summed E-state index contributed by atoms with van der Waals surface area (Å²) in [6, 6.07) is 7.45. The Bertz CT molecular complexity index is 617.